The molecule has 3 heteroatoms. The number of carboxylic acid groups (broad SMARTS) is 1. The molecule has 0 spiro atoms. The summed E-state index contributed by atoms with van der Waals surface area (Å²) in [4.78, 5) is 14.3. The minimum absolute atomic E-state index is 0.541. The highest BCUT2D eigenvalue weighted by Crippen LogP contribution is 2.38. The van der Waals surface area contributed by atoms with Crippen molar-refractivity contribution < 1.29 is 9.90 Å². The zero-order valence-corrected chi connectivity index (χ0v) is 12.7. The summed E-state index contributed by atoms with van der Waals surface area (Å²) in [6.07, 6.45) is 8.41. The number of hydrogen-bond acceptors (Lipinski definition) is 2. The molecule has 1 saturated carbocycles. The summed E-state index contributed by atoms with van der Waals surface area (Å²) >= 11 is 0. The van der Waals surface area contributed by atoms with Crippen molar-refractivity contribution in [1.82, 2.24) is 0 Å². The number of nitrogens with zero attached hydrogens (tertiary/aromatic N) is 1. The molecule has 0 radical (unpaired) electrons. The number of rotatable bonds is 3. The Bertz CT molecular complexity index is 504. The SMILES string of the molecule is O=C(O)C1(CN2CCCc3ccccc32)CCCCCC1. The normalized spacial score (nSPS) is 21.4. The molecule has 1 aliphatic heterocycles. The van der Waals surface area contributed by atoms with Gasteiger partial charge in [0.15, 0.2) is 0 Å². The van der Waals surface area contributed by atoms with Gasteiger partial charge in [0.2, 0.25) is 0 Å². The monoisotopic (exact) mass is 287 g/mol. The van der Waals surface area contributed by atoms with Crippen molar-refractivity contribution in [2.45, 2.75) is 51.4 Å². The Kier molecular flexibility index (Phi) is 4.18. The highest BCUT2D eigenvalue weighted by atomic mass is 16.4. The van der Waals surface area contributed by atoms with Crippen LogP contribution in [0.2, 0.25) is 0 Å². The fourth-order valence-corrected chi connectivity index (χ4v) is 3.99. The second-order valence-electron chi connectivity index (χ2n) is 6.65. The predicted octanol–water partition coefficient (Wildman–Crippen LogP) is 3.86. The third-order valence-electron chi connectivity index (χ3n) is 5.21. The second-order valence-corrected chi connectivity index (χ2v) is 6.65. The first kappa shape index (κ1) is 14.4. The van der Waals surface area contributed by atoms with E-state index in [2.05, 4.69) is 29.2 Å². The maximum Gasteiger partial charge on any atom is 0.311 e. The molecule has 1 aromatic carbocycles. The molecule has 1 aromatic rings. The fourth-order valence-electron chi connectivity index (χ4n) is 3.99. The number of para-hydroxylation sites is 1. The Morgan fingerprint density at radius 3 is 2.52 bits per heavy atom. The first-order valence-corrected chi connectivity index (χ1v) is 8.28. The Morgan fingerprint density at radius 1 is 1.10 bits per heavy atom. The first-order valence-electron chi connectivity index (χ1n) is 8.28. The molecule has 2 aliphatic rings. The van der Waals surface area contributed by atoms with Crippen molar-refractivity contribution in [3.8, 4) is 0 Å². The Balaban J connectivity index is 1.85. The topological polar surface area (TPSA) is 40.5 Å². The average molecular weight is 287 g/mol. The fraction of sp³-hybridized carbons (Fsp3) is 0.611. The van der Waals surface area contributed by atoms with E-state index in [0.29, 0.717) is 6.54 Å². The number of fused-ring (bicyclic) bond motifs is 1. The molecule has 0 atom stereocenters. The van der Waals surface area contributed by atoms with Crippen LogP contribution in [0.5, 0.6) is 0 Å². The van der Waals surface area contributed by atoms with Gasteiger partial charge in [-0.15, -0.1) is 0 Å². The third-order valence-corrected chi connectivity index (χ3v) is 5.21. The van der Waals surface area contributed by atoms with E-state index in [1.165, 1.54) is 24.1 Å². The number of benzene rings is 1. The number of carbonyl (C=O) groups is 1. The molecule has 3 nitrogen and oxygen atoms in total. The maximum absolute atomic E-state index is 12.0. The van der Waals surface area contributed by atoms with Gasteiger partial charge in [-0.1, -0.05) is 43.9 Å². The average Bonchev–Trinajstić information content (AvgIpc) is 2.74. The van der Waals surface area contributed by atoms with Gasteiger partial charge in [-0.05, 0) is 37.3 Å². The second kappa shape index (κ2) is 6.08. The highest BCUT2D eigenvalue weighted by molar-refractivity contribution is 5.76. The number of carboxylic acids is 1. The molecule has 1 fully saturated rings. The van der Waals surface area contributed by atoms with E-state index in [1.807, 2.05) is 0 Å². The number of aliphatic carboxylic acids is 1. The van der Waals surface area contributed by atoms with Crippen LogP contribution >= 0.6 is 0 Å². The number of aryl methyl sites for hydroxylation is 1. The predicted molar refractivity (Wildman–Crippen MR) is 84.7 cm³/mol. The zero-order valence-electron chi connectivity index (χ0n) is 12.7. The molecule has 1 heterocycles. The standard InChI is InChI=1S/C18H25NO2/c20-17(21)18(11-5-1-2-6-12-18)14-19-13-7-9-15-8-3-4-10-16(15)19/h3-4,8,10H,1-2,5-7,9,11-14H2,(H,20,21). The minimum Gasteiger partial charge on any atom is -0.481 e. The zero-order chi connectivity index (χ0) is 14.7. The van der Waals surface area contributed by atoms with Crippen LogP contribution in [0, 0.1) is 5.41 Å². The van der Waals surface area contributed by atoms with Crippen LogP contribution < -0.4 is 4.90 Å². The van der Waals surface area contributed by atoms with Crippen LogP contribution in [0.1, 0.15) is 50.5 Å². The molecule has 0 unspecified atom stereocenters. The lowest BCUT2D eigenvalue weighted by molar-refractivity contribution is -0.149. The minimum atomic E-state index is -0.590. The van der Waals surface area contributed by atoms with E-state index in [-0.39, 0.29) is 0 Å². The Hall–Kier alpha value is -1.51. The van der Waals surface area contributed by atoms with Crippen LogP contribution in [0.4, 0.5) is 5.69 Å². The smallest absolute Gasteiger partial charge is 0.311 e. The Morgan fingerprint density at radius 2 is 1.81 bits per heavy atom. The van der Waals surface area contributed by atoms with E-state index < -0.39 is 11.4 Å². The molecule has 1 aliphatic carbocycles. The molecule has 0 saturated heterocycles. The van der Waals surface area contributed by atoms with Crippen molar-refractivity contribution in [3.05, 3.63) is 29.8 Å². The highest BCUT2D eigenvalue weighted by Gasteiger charge is 2.40. The van der Waals surface area contributed by atoms with Gasteiger partial charge in [0.05, 0.1) is 5.41 Å². The lowest BCUT2D eigenvalue weighted by Crippen LogP contribution is -2.45. The van der Waals surface area contributed by atoms with Gasteiger partial charge in [-0.2, -0.15) is 0 Å². The largest absolute Gasteiger partial charge is 0.481 e. The lowest BCUT2D eigenvalue weighted by Gasteiger charge is -2.38. The van der Waals surface area contributed by atoms with Gasteiger partial charge in [-0.3, -0.25) is 4.79 Å². The van der Waals surface area contributed by atoms with Crippen LogP contribution in [0.15, 0.2) is 24.3 Å². The summed E-state index contributed by atoms with van der Waals surface area (Å²) in [6.45, 7) is 1.67. The molecular formula is C18H25NO2. The quantitative estimate of drug-likeness (QED) is 0.858. The van der Waals surface area contributed by atoms with E-state index >= 15 is 0 Å². The van der Waals surface area contributed by atoms with E-state index in [9.17, 15) is 9.90 Å². The van der Waals surface area contributed by atoms with E-state index in [0.717, 1.165) is 45.1 Å². The van der Waals surface area contributed by atoms with Crippen LogP contribution in [0.3, 0.4) is 0 Å². The summed E-state index contributed by atoms with van der Waals surface area (Å²) in [5, 5.41) is 9.87. The third kappa shape index (κ3) is 2.92. The van der Waals surface area contributed by atoms with E-state index in [1.54, 1.807) is 0 Å². The van der Waals surface area contributed by atoms with Crippen molar-refractivity contribution in [1.29, 1.82) is 0 Å². The lowest BCUT2D eigenvalue weighted by atomic mass is 9.79. The van der Waals surface area contributed by atoms with Crippen molar-refractivity contribution >= 4 is 11.7 Å². The molecule has 21 heavy (non-hydrogen) atoms. The van der Waals surface area contributed by atoms with Crippen LogP contribution in [-0.4, -0.2) is 24.2 Å². The number of anilines is 1. The molecular weight excluding hydrogens is 262 g/mol. The summed E-state index contributed by atoms with van der Waals surface area (Å²) < 4.78 is 0. The van der Waals surface area contributed by atoms with Gasteiger partial charge < -0.3 is 10.0 Å². The van der Waals surface area contributed by atoms with Gasteiger partial charge in [0, 0.05) is 18.8 Å². The van der Waals surface area contributed by atoms with Gasteiger partial charge >= 0.3 is 5.97 Å². The summed E-state index contributed by atoms with van der Waals surface area (Å²) in [6, 6.07) is 8.49. The molecule has 0 amide bonds. The molecule has 114 valence electrons. The van der Waals surface area contributed by atoms with Crippen molar-refractivity contribution in [3.63, 3.8) is 0 Å². The number of hydrogen-bond donors (Lipinski definition) is 1. The Labute approximate surface area is 127 Å². The summed E-state index contributed by atoms with van der Waals surface area (Å²) in [7, 11) is 0. The first-order chi connectivity index (χ1) is 10.2. The molecule has 0 aromatic heterocycles. The van der Waals surface area contributed by atoms with Crippen LogP contribution in [-0.2, 0) is 11.2 Å². The molecule has 3 rings (SSSR count). The van der Waals surface area contributed by atoms with E-state index in [4.69, 9.17) is 0 Å². The summed E-state index contributed by atoms with van der Waals surface area (Å²) in [5.41, 5.74) is 2.09. The van der Waals surface area contributed by atoms with Gasteiger partial charge in [0.25, 0.3) is 0 Å². The van der Waals surface area contributed by atoms with Crippen molar-refractivity contribution in [2.24, 2.45) is 5.41 Å². The summed E-state index contributed by atoms with van der Waals surface area (Å²) in [5.74, 6) is -0.590. The van der Waals surface area contributed by atoms with Gasteiger partial charge in [0.1, 0.15) is 0 Å². The van der Waals surface area contributed by atoms with Gasteiger partial charge in [-0.25, -0.2) is 0 Å². The van der Waals surface area contributed by atoms with Crippen molar-refractivity contribution in [2.75, 3.05) is 18.0 Å². The molecule has 1 N–H and O–H groups in total. The molecule has 0 bridgehead atoms. The van der Waals surface area contributed by atoms with Crippen LogP contribution in [0.25, 0.3) is 0 Å². The maximum atomic E-state index is 12.0.